The third kappa shape index (κ3) is 5.13. The van der Waals surface area contributed by atoms with Crippen molar-refractivity contribution in [2.24, 2.45) is 12.1 Å². The van der Waals surface area contributed by atoms with E-state index < -0.39 is 16.5 Å². The van der Waals surface area contributed by atoms with Crippen LogP contribution >= 0.6 is 23.2 Å². The third-order valence-electron chi connectivity index (χ3n) is 4.78. The van der Waals surface area contributed by atoms with Crippen LogP contribution < -0.4 is 5.43 Å². The van der Waals surface area contributed by atoms with Gasteiger partial charge in [-0.3, -0.25) is 24.3 Å². The van der Waals surface area contributed by atoms with Crippen molar-refractivity contribution in [3.05, 3.63) is 97.9 Å². The van der Waals surface area contributed by atoms with Gasteiger partial charge in [0.1, 0.15) is 11.9 Å². The van der Waals surface area contributed by atoms with E-state index in [-0.39, 0.29) is 5.69 Å². The van der Waals surface area contributed by atoms with E-state index in [0.717, 1.165) is 17.3 Å². The maximum Gasteiger partial charge on any atom is 0.320 e. The molecule has 1 N–H and O–H groups in total. The largest absolute Gasteiger partial charge is 0.320 e. The fraction of sp³-hybridized carbons (Fsp3) is 0.0909. The van der Waals surface area contributed by atoms with Gasteiger partial charge in [0.15, 0.2) is 0 Å². The molecule has 0 spiro atoms. The fourth-order valence-corrected chi connectivity index (χ4v) is 3.71. The van der Waals surface area contributed by atoms with E-state index in [1.165, 1.54) is 17.9 Å². The molecule has 0 radical (unpaired) electrons. The van der Waals surface area contributed by atoms with Gasteiger partial charge in [0.25, 0.3) is 5.91 Å². The topological polar surface area (TPSA) is 120 Å². The maximum absolute atomic E-state index is 12.4. The highest BCUT2D eigenvalue weighted by molar-refractivity contribution is 6.35. The van der Waals surface area contributed by atoms with E-state index in [0.29, 0.717) is 27.8 Å². The number of nitro groups is 1. The molecular formula is C22H17Cl2N7O3. The minimum Gasteiger partial charge on any atom is -0.268 e. The van der Waals surface area contributed by atoms with Crippen LogP contribution in [0.25, 0.3) is 11.3 Å². The number of hydrogen-bond acceptors (Lipinski definition) is 6. The van der Waals surface area contributed by atoms with Crippen LogP contribution in [0.15, 0.2) is 66.0 Å². The van der Waals surface area contributed by atoms with Gasteiger partial charge >= 0.3 is 5.69 Å². The van der Waals surface area contributed by atoms with Gasteiger partial charge in [0.2, 0.25) is 5.69 Å². The summed E-state index contributed by atoms with van der Waals surface area (Å²) in [4.78, 5) is 22.9. The Morgan fingerprint density at radius 3 is 2.65 bits per heavy atom. The number of aromatic nitrogens is 4. The molecule has 4 rings (SSSR count). The number of hydrogen-bond donors (Lipinski definition) is 1. The van der Waals surface area contributed by atoms with E-state index in [1.54, 1.807) is 23.0 Å². The van der Waals surface area contributed by atoms with Gasteiger partial charge in [-0.15, -0.1) is 0 Å². The van der Waals surface area contributed by atoms with Gasteiger partial charge in [-0.05, 0) is 17.7 Å². The number of nitrogens with one attached hydrogen (secondary N) is 1. The molecule has 34 heavy (non-hydrogen) atoms. The minimum absolute atomic E-state index is 0.332. The Balaban J connectivity index is 1.60. The molecule has 12 heteroatoms. The predicted octanol–water partition coefficient (Wildman–Crippen LogP) is 4.31. The molecule has 0 aliphatic carbocycles. The number of benzene rings is 2. The van der Waals surface area contributed by atoms with Crippen LogP contribution in [0.1, 0.15) is 21.6 Å². The van der Waals surface area contributed by atoms with Gasteiger partial charge in [-0.25, -0.2) is 5.43 Å². The van der Waals surface area contributed by atoms with E-state index in [1.807, 2.05) is 36.4 Å². The quantitative estimate of drug-likeness (QED) is 0.231. The Labute approximate surface area is 203 Å². The summed E-state index contributed by atoms with van der Waals surface area (Å²) in [5.74, 6) is -0.801. The van der Waals surface area contributed by atoms with Crippen LogP contribution in [0, 0.1) is 10.1 Å². The second-order valence-corrected chi connectivity index (χ2v) is 8.07. The number of aryl methyl sites for hydroxylation is 1. The van der Waals surface area contributed by atoms with Crippen molar-refractivity contribution in [3.8, 4) is 11.3 Å². The molecule has 2 aromatic heterocycles. The molecule has 4 aromatic rings. The van der Waals surface area contributed by atoms with Gasteiger partial charge in [0.05, 0.1) is 17.7 Å². The molecule has 172 valence electrons. The number of halogens is 2. The van der Waals surface area contributed by atoms with Crippen molar-refractivity contribution >= 4 is 41.0 Å². The lowest BCUT2D eigenvalue weighted by Crippen LogP contribution is -2.19. The molecule has 2 heterocycles. The standard InChI is InChI=1S/C22H17Cl2N7O3/c1-29-13-19(31(33)34)21(27-29)22(32)26-25-10-16-12-30(11-15-7-8-17(23)9-18(15)24)28-20(16)14-5-3-2-4-6-14/h2-10,12-13H,11H2,1H3,(H,26,32)/b25-10-. The van der Waals surface area contributed by atoms with E-state index in [2.05, 4.69) is 20.7 Å². The molecule has 1 amide bonds. The van der Waals surface area contributed by atoms with Crippen molar-refractivity contribution < 1.29 is 9.72 Å². The molecular weight excluding hydrogens is 481 g/mol. The molecule has 0 fully saturated rings. The fourth-order valence-electron chi connectivity index (χ4n) is 3.24. The van der Waals surface area contributed by atoms with Gasteiger partial charge in [-0.2, -0.15) is 15.3 Å². The number of hydrazone groups is 1. The van der Waals surface area contributed by atoms with Crippen LogP contribution in [0.5, 0.6) is 0 Å². The van der Waals surface area contributed by atoms with Gasteiger partial charge in [0, 0.05) is 34.4 Å². The minimum atomic E-state index is -0.801. The highest BCUT2D eigenvalue weighted by atomic mass is 35.5. The lowest BCUT2D eigenvalue weighted by atomic mass is 10.1. The lowest BCUT2D eigenvalue weighted by Gasteiger charge is -2.05. The molecule has 0 atom stereocenters. The smallest absolute Gasteiger partial charge is 0.268 e. The zero-order chi connectivity index (χ0) is 24.2. The molecule has 0 aliphatic rings. The summed E-state index contributed by atoms with van der Waals surface area (Å²) in [5.41, 5.74) is 4.46. The normalized spacial score (nSPS) is 11.1. The first-order chi connectivity index (χ1) is 16.3. The first-order valence-corrected chi connectivity index (χ1v) is 10.7. The van der Waals surface area contributed by atoms with Crippen LogP contribution in [0.2, 0.25) is 10.0 Å². The zero-order valence-corrected chi connectivity index (χ0v) is 19.2. The van der Waals surface area contributed by atoms with Crippen LogP contribution in [-0.2, 0) is 13.6 Å². The van der Waals surface area contributed by atoms with Crippen molar-refractivity contribution in [3.63, 3.8) is 0 Å². The molecule has 10 nitrogen and oxygen atoms in total. The zero-order valence-electron chi connectivity index (χ0n) is 17.7. The Morgan fingerprint density at radius 2 is 1.94 bits per heavy atom. The summed E-state index contributed by atoms with van der Waals surface area (Å²) in [7, 11) is 1.49. The Morgan fingerprint density at radius 1 is 1.18 bits per heavy atom. The van der Waals surface area contributed by atoms with E-state index in [4.69, 9.17) is 23.2 Å². The monoisotopic (exact) mass is 497 g/mol. The molecule has 0 saturated carbocycles. The van der Waals surface area contributed by atoms with Crippen molar-refractivity contribution in [1.29, 1.82) is 0 Å². The van der Waals surface area contributed by atoms with Crippen LogP contribution in [-0.4, -0.2) is 36.6 Å². The summed E-state index contributed by atoms with van der Waals surface area (Å²) in [6.07, 6.45) is 4.33. The molecule has 0 saturated heterocycles. The van der Waals surface area contributed by atoms with Crippen LogP contribution in [0.4, 0.5) is 5.69 Å². The van der Waals surface area contributed by atoms with Crippen molar-refractivity contribution in [2.75, 3.05) is 0 Å². The molecule has 0 bridgehead atoms. The lowest BCUT2D eigenvalue weighted by molar-refractivity contribution is -0.385. The number of amides is 1. The van der Waals surface area contributed by atoms with Gasteiger partial charge in [-0.1, -0.05) is 59.6 Å². The molecule has 0 aliphatic heterocycles. The molecule has 0 unspecified atom stereocenters. The highest BCUT2D eigenvalue weighted by Crippen LogP contribution is 2.24. The summed E-state index contributed by atoms with van der Waals surface area (Å²) in [6, 6.07) is 14.7. The SMILES string of the molecule is Cn1cc([N+](=O)[O-])c(C(=O)N/N=C\c2cn(Cc3ccc(Cl)cc3Cl)nc2-c2ccccc2)n1. The van der Waals surface area contributed by atoms with Crippen molar-refractivity contribution in [2.45, 2.75) is 6.54 Å². The Hall–Kier alpha value is -4.02. The predicted molar refractivity (Wildman–Crippen MR) is 128 cm³/mol. The highest BCUT2D eigenvalue weighted by Gasteiger charge is 2.24. The van der Waals surface area contributed by atoms with Crippen LogP contribution in [0.3, 0.4) is 0 Å². The summed E-state index contributed by atoms with van der Waals surface area (Å²) in [6.45, 7) is 0.385. The molecule has 2 aromatic carbocycles. The van der Waals surface area contributed by atoms with E-state index >= 15 is 0 Å². The number of carbonyl (C=O) groups excluding carboxylic acids is 1. The van der Waals surface area contributed by atoms with Crippen molar-refractivity contribution in [1.82, 2.24) is 25.0 Å². The second kappa shape index (κ2) is 9.86. The average Bonchev–Trinajstić information content (AvgIpc) is 3.40. The maximum atomic E-state index is 12.4. The third-order valence-corrected chi connectivity index (χ3v) is 5.36. The average molecular weight is 498 g/mol. The number of nitrogens with zero attached hydrogens (tertiary/aromatic N) is 6. The summed E-state index contributed by atoms with van der Waals surface area (Å²) < 4.78 is 2.89. The number of carbonyl (C=O) groups is 1. The second-order valence-electron chi connectivity index (χ2n) is 7.23. The Bertz CT molecular complexity index is 1400. The summed E-state index contributed by atoms with van der Waals surface area (Å²) in [5, 5.41) is 24.7. The van der Waals surface area contributed by atoms with E-state index in [9.17, 15) is 14.9 Å². The Kier molecular flexibility index (Phi) is 6.71. The summed E-state index contributed by atoms with van der Waals surface area (Å²) >= 11 is 12.3. The first-order valence-electron chi connectivity index (χ1n) is 9.90. The number of rotatable bonds is 7. The first kappa shape index (κ1) is 23.1. The van der Waals surface area contributed by atoms with Gasteiger partial charge < -0.3 is 0 Å².